The van der Waals surface area contributed by atoms with Gasteiger partial charge in [0.1, 0.15) is 17.2 Å². The fourth-order valence-corrected chi connectivity index (χ4v) is 3.14. The molecule has 1 heterocycles. The molecule has 0 aliphatic heterocycles. The highest BCUT2D eigenvalue weighted by Gasteiger charge is 2.11. The Morgan fingerprint density at radius 2 is 0.800 bits per heavy atom. The molecule has 4 aromatic rings. The molecule has 0 fully saturated rings. The van der Waals surface area contributed by atoms with E-state index in [4.69, 9.17) is 24.2 Å². The molecule has 5 nitrogen and oxygen atoms in total. The molecule has 0 aliphatic carbocycles. The molecular formula is C25H22N2O3. The minimum absolute atomic E-state index is 0.650. The van der Waals surface area contributed by atoms with Gasteiger partial charge in [-0.15, -0.1) is 0 Å². The van der Waals surface area contributed by atoms with Crippen LogP contribution in [0.2, 0.25) is 0 Å². The molecule has 150 valence electrons. The van der Waals surface area contributed by atoms with E-state index >= 15 is 0 Å². The zero-order chi connectivity index (χ0) is 20.9. The van der Waals surface area contributed by atoms with E-state index in [1.54, 1.807) is 21.3 Å². The van der Waals surface area contributed by atoms with Crippen LogP contribution in [-0.2, 0) is 0 Å². The van der Waals surface area contributed by atoms with E-state index in [2.05, 4.69) is 0 Å². The van der Waals surface area contributed by atoms with Crippen LogP contribution in [0.5, 0.6) is 17.2 Å². The summed E-state index contributed by atoms with van der Waals surface area (Å²) in [6.07, 6.45) is 0. The SMILES string of the molecule is COc1ccc(-c2cc(-c3ccc(OC)cc3)nc(-c3ccc(OC)cc3)n2)cc1. The molecule has 0 radical (unpaired) electrons. The first-order chi connectivity index (χ1) is 14.7. The molecule has 3 aromatic carbocycles. The maximum absolute atomic E-state index is 5.28. The zero-order valence-corrected chi connectivity index (χ0v) is 17.1. The minimum Gasteiger partial charge on any atom is -0.497 e. The Bertz CT molecular complexity index is 964. The lowest BCUT2D eigenvalue weighted by atomic mass is 10.1. The number of benzene rings is 3. The van der Waals surface area contributed by atoms with Gasteiger partial charge >= 0.3 is 0 Å². The largest absolute Gasteiger partial charge is 0.497 e. The lowest BCUT2D eigenvalue weighted by Gasteiger charge is -2.10. The second kappa shape index (κ2) is 8.66. The van der Waals surface area contributed by atoms with Crippen molar-refractivity contribution >= 4 is 0 Å². The average Bonchev–Trinajstić information content (AvgIpc) is 2.84. The predicted molar refractivity (Wildman–Crippen MR) is 118 cm³/mol. The van der Waals surface area contributed by atoms with E-state index < -0.39 is 0 Å². The molecule has 0 saturated carbocycles. The number of hydrogen-bond donors (Lipinski definition) is 0. The van der Waals surface area contributed by atoms with Crippen LogP contribution in [0.4, 0.5) is 0 Å². The Labute approximate surface area is 175 Å². The lowest BCUT2D eigenvalue weighted by molar-refractivity contribution is 0.415. The van der Waals surface area contributed by atoms with Crippen LogP contribution in [-0.4, -0.2) is 31.3 Å². The quantitative estimate of drug-likeness (QED) is 0.429. The highest BCUT2D eigenvalue weighted by atomic mass is 16.5. The fraction of sp³-hybridized carbons (Fsp3) is 0.120. The van der Waals surface area contributed by atoms with Crippen molar-refractivity contribution in [3.63, 3.8) is 0 Å². The van der Waals surface area contributed by atoms with Gasteiger partial charge in [0.05, 0.1) is 32.7 Å². The Morgan fingerprint density at radius 1 is 0.467 bits per heavy atom. The third kappa shape index (κ3) is 4.10. The van der Waals surface area contributed by atoms with Gasteiger partial charge in [0.2, 0.25) is 0 Å². The molecule has 0 unspecified atom stereocenters. The van der Waals surface area contributed by atoms with Crippen molar-refractivity contribution in [2.24, 2.45) is 0 Å². The third-order valence-corrected chi connectivity index (χ3v) is 4.85. The Balaban J connectivity index is 1.83. The van der Waals surface area contributed by atoms with Gasteiger partial charge in [-0.2, -0.15) is 0 Å². The molecule has 5 heteroatoms. The number of hydrogen-bond acceptors (Lipinski definition) is 5. The lowest BCUT2D eigenvalue weighted by Crippen LogP contribution is -1.96. The van der Waals surface area contributed by atoms with Crippen LogP contribution in [0, 0.1) is 0 Å². The van der Waals surface area contributed by atoms with E-state index in [0.29, 0.717) is 5.82 Å². The highest BCUT2D eigenvalue weighted by molar-refractivity contribution is 5.72. The van der Waals surface area contributed by atoms with E-state index in [1.807, 2.05) is 78.9 Å². The van der Waals surface area contributed by atoms with Crippen molar-refractivity contribution in [1.29, 1.82) is 0 Å². The minimum atomic E-state index is 0.650. The molecule has 4 rings (SSSR count). The van der Waals surface area contributed by atoms with Crippen LogP contribution in [0.15, 0.2) is 78.9 Å². The number of rotatable bonds is 6. The van der Waals surface area contributed by atoms with Gasteiger partial charge in [0.15, 0.2) is 5.82 Å². The number of methoxy groups -OCH3 is 3. The van der Waals surface area contributed by atoms with Crippen molar-refractivity contribution < 1.29 is 14.2 Å². The summed E-state index contributed by atoms with van der Waals surface area (Å²) < 4.78 is 15.8. The van der Waals surface area contributed by atoms with Crippen LogP contribution in [0.3, 0.4) is 0 Å². The summed E-state index contributed by atoms with van der Waals surface area (Å²) in [4.78, 5) is 9.65. The molecule has 0 bridgehead atoms. The summed E-state index contributed by atoms with van der Waals surface area (Å²) in [6, 6.07) is 25.4. The molecule has 0 saturated heterocycles. The first-order valence-electron chi connectivity index (χ1n) is 9.52. The standard InChI is InChI=1S/C25H22N2O3/c1-28-20-10-4-17(5-11-20)23-16-24(18-6-12-21(29-2)13-7-18)27-25(26-23)19-8-14-22(30-3)15-9-19/h4-16H,1-3H3. The van der Waals surface area contributed by atoms with Gasteiger partial charge in [0, 0.05) is 16.7 Å². The average molecular weight is 398 g/mol. The van der Waals surface area contributed by atoms with Gasteiger partial charge in [-0.05, 0) is 78.9 Å². The molecule has 0 atom stereocenters. The summed E-state index contributed by atoms with van der Waals surface area (Å²) >= 11 is 0. The van der Waals surface area contributed by atoms with Gasteiger partial charge in [-0.3, -0.25) is 0 Å². The van der Waals surface area contributed by atoms with Gasteiger partial charge < -0.3 is 14.2 Å². The number of aromatic nitrogens is 2. The summed E-state index contributed by atoms with van der Waals surface area (Å²) in [5.41, 5.74) is 4.57. The fourth-order valence-electron chi connectivity index (χ4n) is 3.14. The summed E-state index contributed by atoms with van der Waals surface area (Å²) in [5, 5.41) is 0. The first kappa shape index (κ1) is 19.5. The van der Waals surface area contributed by atoms with Crippen LogP contribution in [0.25, 0.3) is 33.9 Å². The summed E-state index contributed by atoms with van der Waals surface area (Å²) in [5.74, 6) is 3.05. The van der Waals surface area contributed by atoms with Gasteiger partial charge in [-0.1, -0.05) is 0 Å². The molecule has 0 aliphatic rings. The maximum atomic E-state index is 5.28. The van der Waals surface area contributed by atoms with Crippen LogP contribution in [0.1, 0.15) is 0 Å². The normalized spacial score (nSPS) is 10.5. The Morgan fingerprint density at radius 3 is 1.13 bits per heavy atom. The smallest absolute Gasteiger partial charge is 0.160 e. The van der Waals surface area contributed by atoms with Gasteiger partial charge in [-0.25, -0.2) is 9.97 Å². The second-order valence-electron chi connectivity index (χ2n) is 6.65. The van der Waals surface area contributed by atoms with Crippen LogP contribution >= 0.6 is 0 Å². The molecule has 0 spiro atoms. The van der Waals surface area contributed by atoms with Crippen molar-refractivity contribution in [3.8, 4) is 51.2 Å². The highest BCUT2D eigenvalue weighted by Crippen LogP contribution is 2.29. The molecule has 1 aromatic heterocycles. The molecule has 0 N–H and O–H groups in total. The molecule has 0 amide bonds. The first-order valence-corrected chi connectivity index (χ1v) is 9.52. The van der Waals surface area contributed by atoms with Crippen molar-refractivity contribution in [2.75, 3.05) is 21.3 Å². The number of ether oxygens (including phenoxy) is 3. The topological polar surface area (TPSA) is 53.5 Å². The summed E-state index contributed by atoms with van der Waals surface area (Å²) in [6.45, 7) is 0. The molecule has 30 heavy (non-hydrogen) atoms. The van der Waals surface area contributed by atoms with E-state index in [0.717, 1.165) is 45.3 Å². The maximum Gasteiger partial charge on any atom is 0.160 e. The van der Waals surface area contributed by atoms with Crippen LogP contribution < -0.4 is 14.2 Å². The van der Waals surface area contributed by atoms with E-state index in [9.17, 15) is 0 Å². The van der Waals surface area contributed by atoms with Crippen molar-refractivity contribution in [3.05, 3.63) is 78.9 Å². The predicted octanol–water partition coefficient (Wildman–Crippen LogP) is 5.50. The molecular weight excluding hydrogens is 376 g/mol. The van der Waals surface area contributed by atoms with E-state index in [1.165, 1.54) is 0 Å². The van der Waals surface area contributed by atoms with Crippen molar-refractivity contribution in [2.45, 2.75) is 0 Å². The van der Waals surface area contributed by atoms with Gasteiger partial charge in [0.25, 0.3) is 0 Å². The summed E-state index contributed by atoms with van der Waals surface area (Å²) in [7, 11) is 4.96. The third-order valence-electron chi connectivity index (χ3n) is 4.85. The number of nitrogens with zero attached hydrogens (tertiary/aromatic N) is 2. The zero-order valence-electron chi connectivity index (χ0n) is 17.1. The second-order valence-corrected chi connectivity index (χ2v) is 6.65. The Hall–Kier alpha value is -3.86. The van der Waals surface area contributed by atoms with Crippen molar-refractivity contribution in [1.82, 2.24) is 9.97 Å². The van der Waals surface area contributed by atoms with E-state index in [-0.39, 0.29) is 0 Å². The Kier molecular flexibility index (Phi) is 5.61. The monoisotopic (exact) mass is 398 g/mol.